The van der Waals surface area contributed by atoms with Gasteiger partial charge in [0.05, 0.1) is 12.5 Å². The predicted molar refractivity (Wildman–Crippen MR) is 140 cm³/mol. The lowest BCUT2D eigenvalue weighted by Gasteiger charge is -2.26. The molecule has 2 aromatic carbocycles. The number of carboxylic acid groups (broad SMARTS) is 2. The number of phenolic OH excluding ortho intramolecular Hbond substituents is 1. The molecule has 210 valence electrons. The highest BCUT2D eigenvalue weighted by Crippen LogP contribution is 2.11. The van der Waals surface area contributed by atoms with E-state index in [9.17, 15) is 39.3 Å². The Morgan fingerprint density at radius 2 is 1.31 bits per heavy atom. The van der Waals surface area contributed by atoms with Gasteiger partial charge in [-0.1, -0.05) is 56.3 Å². The standard InChI is InChI=1S/C27H34N4O8/c1-15(2)23(26(37)30-21(27(38)39)13-16-6-4-3-5-7-16)31-25(36)20(14-22(33)34)29-24(35)19(28)12-17-8-10-18(32)11-9-17/h3-11,15,19-21,23,32H,12-14,28H2,1-2H3,(H,29,35)(H,30,37)(H,31,36)(H,33,34)(H,38,39). The maximum absolute atomic E-state index is 13.0. The number of carbonyl (C=O) groups is 5. The van der Waals surface area contributed by atoms with Crippen molar-refractivity contribution in [2.24, 2.45) is 11.7 Å². The SMILES string of the molecule is CC(C)C(NC(=O)C(CC(=O)O)NC(=O)C(N)Cc1ccc(O)cc1)C(=O)NC(Cc1ccccc1)C(=O)O. The Kier molecular flexibility index (Phi) is 11.4. The van der Waals surface area contributed by atoms with Gasteiger partial charge >= 0.3 is 11.9 Å². The minimum absolute atomic E-state index is 0.0112. The van der Waals surface area contributed by atoms with E-state index in [0.29, 0.717) is 11.1 Å². The van der Waals surface area contributed by atoms with Gasteiger partial charge in [-0.05, 0) is 35.6 Å². The average molecular weight is 543 g/mol. The third-order valence-corrected chi connectivity index (χ3v) is 5.88. The minimum Gasteiger partial charge on any atom is -0.508 e. The molecule has 0 saturated heterocycles. The highest BCUT2D eigenvalue weighted by Gasteiger charge is 2.33. The van der Waals surface area contributed by atoms with Gasteiger partial charge in [0.25, 0.3) is 0 Å². The fourth-order valence-corrected chi connectivity index (χ4v) is 3.74. The molecule has 12 nitrogen and oxygen atoms in total. The van der Waals surface area contributed by atoms with Gasteiger partial charge in [-0.2, -0.15) is 0 Å². The van der Waals surface area contributed by atoms with Crippen molar-refractivity contribution >= 4 is 29.7 Å². The second-order valence-electron chi connectivity index (χ2n) is 9.46. The van der Waals surface area contributed by atoms with Gasteiger partial charge in [0.1, 0.15) is 23.9 Å². The molecule has 0 heterocycles. The number of nitrogens with one attached hydrogen (secondary N) is 3. The summed E-state index contributed by atoms with van der Waals surface area (Å²) in [6.07, 6.45) is -0.707. The van der Waals surface area contributed by atoms with Crippen LogP contribution < -0.4 is 21.7 Å². The first kappa shape index (κ1) is 30.8. The number of aromatic hydroxyl groups is 1. The number of hydrogen-bond donors (Lipinski definition) is 7. The van der Waals surface area contributed by atoms with E-state index in [2.05, 4.69) is 16.0 Å². The fourth-order valence-electron chi connectivity index (χ4n) is 3.74. The number of phenols is 1. The van der Waals surface area contributed by atoms with Crippen LogP contribution in [0.2, 0.25) is 0 Å². The Morgan fingerprint density at radius 1 is 0.744 bits per heavy atom. The quantitative estimate of drug-likeness (QED) is 0.173. The third kappa shape index (κ3) is 10.1. The number of carbonyl (C=O) groups excluding carboxylic acids is 3. The lowest BCUT2D eigenvalue weighted by Crippen LogP contribution is -2.59. The third-order valence-electron chi connectivity index (χ3n) is 5.88. The van der Waals surface area contributed by atoms with Crippen LogP contribution in [0.15, 0.2) is 54.6 Å². The first-order chi connectivity index (χ1) is 18.4. The van der Waals surface area contributed by atoms with Crippen molar-refractivity contribution < 1.29 is 39.3 Å². The molecular weight excluding hydrogens is 508 g/mol. The summed E-state index contributed by atoms with van der Waals surface area (Å²) in [5.41, 5.74) is 7.25. The number of hydrogen-bond acceptors (Lipinski definition) is 7. The van der Waals surface area contributed by atoms with Crippen molar-refractivity contribution in [3.8, 4) is 5.75 Å². The Bertz CT molecular complexity index is 1150. The second kappa shape index (κ2) is 14.5. The fraction of sp³-hybridized carbons (Fsp3) is 0.370. The lowest BCUT2D eigenvalue weighted by atomic mass is 10.0. The largest absolute Gasteiger partial charge is 0.508 e. The van der Waals surface area contributed by atoms with Crippen molar-refractivity contribution in [1.29, 1.82) is 0 Å². The first-order valence-electron chi connectivity index (χ1n) is 12.3. The van der Waals surface area contributed by atoms with Crippen molar-refractivity contribution in [1.82, 2.24) is 16.0 Å². The number of benzene rings is 2. The first-order valence-corrected chi connectivity index (χ1v) is 12.3. The van der Waals surface area contributed by atoms with Gasteiger partial charge in [-0.3, -0.25) is 19.2 Å². The van der Waals surface area contributed by atoms with E-state index in [1.165, 1.54) is 12.1 Å². The van der Waals surface area contributed by atoms with Crippen LogP contribution in [-0.2, 0) is 36.8 Å². The minimum atomic E-state index is -1.55. The molecule has 0 aliphatic rings. The highest BCUT2D eigenvalue weighted by molar-refractivity contribution is 5.95. The van der Waals surface area contributed by atoms with E-state index in [0.717, 1.165) is 0 Å². The normalized spacial score (nSPS) is 13.9. The van der Waals surface area contributed by atoms with E-state index in [1.807, 2.05) is 0 Å². The average Bonchev–Trinajstić information content (AvgIpc) is 2.87. The topological polar surface area (TPSA) is 208 Å². The molecule has 0 aromatic heterocycles. The maximum atomic E-state index is 13.0. The Morgan fingerprint density at radius 3 is 1.85 bits per heavy atom. The smallest absolute Gasteiger partial charge is 0.326 e. The molecule has 0 saturated carbocycles. The molecule has 39 heavy (non-hydrogen) atoms. The van der Waals surface area contributed by atoms with Gasteiger partial charge in [0, 0.05) is 6.42 Å². The number of carboxylic acids is 2. The molecule has 3 amide bonds. The van der Waals surface area contributed by atoms with Crippen LogP contribution in [0.1, 0.15) is 31.4 Å². The van der Waals surface area contributed by atoms with E-state index < -0.39 is 66.2 Å². The summed E-state index contributed by atoms with van der Waals surface area (Å²) in [5.74, 6) is -5.60. The second-order valence-corrected chi connectivity index (χ2v) is 9.46. The monoisotopic (exact) mass is 542 g/mol. The molecule has 2 aromatic rings. The van der Waals surface area contributed by atoms with Gasteiger partial charge in [0.2, 0.25) is 17.7 Å². The summed E-state index contributed by atoms with van der Waals surface area (Å²) < 4.78 is 0. The highest BCUT2D eigenvalue weighted by atomic mass is 16.4. The number of aliphatic carboxylic acids is 2. The zero-order valence-electron chi connectivity index (χ0n) is 21.7. The van der Waals surface area contributed by atoms with E-state index >= 15 is 0 Å². The van der Waals surface area contributed by atoms with Gasteiger partial charge in [0.15, 0.2) is 0 Å². The molecule has 0 bridgehead atoms. The van der Waals surface area contributed by atoms with Gasteiger partial charge in [-0.25, -0.2) is 4.79 Å². The Balaban J connectivity index is 2.10. The van der Waals surface area contributed by atoms with E-state index in [1.54, 1.807) is 56.3 Å². The number of amides is 3. The van der Waals surface area contributed by atoms with E-state index in [4.69, 9.17) is 5.73 Å². The maximum Gasteiger partial charge on any atom is 0.326 e. The summed E-state index contributed by atoms with van der Waals surface area (Å²) >= 11 is 0. The van der Waals surface area contributed by atoms with Crippen molar-refractivity contribution in [3.63, 3.8) is 0 Å². The van der Waals surface area contributed by atoms with Crippen LogP contribution in [-0.4, -0.2) is 69.1 Å². The van der Waals surface area contributed by atoms with Crippen molar-refractivity contribution in [2.45, 2.75) is 57.3 Å². The van der Waals surface area contributed by atoms with Crippen LogP contribution in [0, 0.1) is 5.92 Å². The number of nitrogens with two attached hydrogens (primary N) is 1. The van der Waals surface area contributed by atoms with Crippen LogP contribution in [0.3, 0.4) is 0 Å². The summed E-state index contributed by atoms with van der Waals surface area (Å²) in [7, 11) is 0. The molecule has 8 N–H and O–H groups in total. The van der Waals surface area contributed by atoms with Gasteiger partial charge < -0.3 is 37.0 Å². The van der Waals surface area contributed by atoms with Gasteiger partial charge in [-0.15, -0.1) is 0 Å². The zero-order chi connectivity index (χ0) is 29.1. The summed E-state index contributed by atoms with van der Waals surface area (Å²) in [6.45, 7) is 3.24. The molecule has 0 aliphatic carbocycles. The zero-order valence-corrected chi connectivity index (χ0v) is 21.7. The van der Waals surface area contributed by atoms with Crippen LogP contribution in [0.25, 0.3) is 0 Å². The van der Waals surface area contributed by atoms with Crippen LogP contribution >= 0.6 is 0 Å². The molecule has 4 unspecified atom stereocenters. The Labute approximate surface area is 225 Å². The molecule has 0 spiro atoms. The Hall–Kier alpha value is -4.45. The summed E-state index contributed by atoms with van der Waals surface area (Å²) in [5, 5.41) is 35.5. The molecule has 12 heteroatoms. The van der Waals surface area contributed by atoms with Crippen molar-refractivity contribution in [2.75, 3.05) is 0 Å². The molecular formula is C27H34N4O8. The molecule has 0 radical (unpaired) electrons. The summed E-state index contributed by atoms with van der Waals surface area (Å²) in [4.78, 5) is 61.8. The molecule has 4 atom stereocenters. The lowest BCUT2D eigenvalue weighted by molar-refractivity contribution is -0.143. The van der Waals surface area contributed by atoms with Crippen molar-refractivity contribution in [3.05, 3.63) is 65.7 Å². The van der Waals surface area contributed by atoms with Crippen LogP contribution in [0.4, 0.5) is 0 Å². The molecule has 0 fully saturated rings. The predicted octanol–water partition coefficient (Wildman–Crippen LogP) is 0.174. The molecule has 0 aliphatic heterocycles. The van der Waals surface area contributed by atoms with E-state index in [-0.39, 0.29) is 18.6 Å². The molecule has 2 rings (SSSR count). The summed E-state index contributed by atoms with van der Waals surface area (Å²) in [6, 6.07) is 9.50. The number of rotatable bonds is 14. The van der Waals surface area contributed by atoms with Crippen LogP contribution in [0.5, 0.6) is 5.75 Å².